The molecular weight excluding hydrogens is 274 g/mol. The molecule has 0 aromatic heterocycles. The molecule has 0 radical (unpaired) electrons. The Balaban J connectivity index is 2.21. The highest BCUT2D eigenvalue weighted by Crippen LogP contribution is 2.27. The van der Waals surface area contributed by atoms with E-state index in [0.29, 0.717) is 22.9 Å². The van der Waals surface area contributed by atoms with Gasteiger partial charge in [-0.25, -0.2) is 0 Å². The van der Waals surface area contributed by atoms with Crippen molar-refractivity contribution in [2.75, 3.05) is 6.54 Å². The predicted molar refractivity (Wildman–Crippen MR) is 80.7 cm³/mol. The molecule has 2 aromatic rings. The first-order valence-corrected chi connectivity index (χ1v) is 6.80. The number of halogens is 1. The summed E-state index contributed by atoms with van der Waals surface area (Å²) in [5.74, 6) is 1.24. The molecule has 0 aliphatic heterocycles. The van der Waals surface area contributed by atoms with Gasteiger partial charge in [0.05, 0.1) is 0 Å². The summed E-state index contributed by atoms with van der Waals surface area (Å²) in [5.41, 5.74) is 1.52. The Morgan fingerprint density at radius 1 is 1.25 bits per heavy atom. The van der Waals surface area contributed by atoms with Crippen LogP contribution >= 0.6 is 11.6 Å². The van der Waals surface area contributed by atoms with Crippen molar-refractivity contribution in [3.63, 3.8) is 0 Å². The number of benzene rings is 2. The van der Waals surface area contributed by atoms with Gasteiger partial charge in [-0.3, -0.25) is 4.79 Å². The first-order chi connectivity index (χ1) is 9.60. The van der Waals surface area contributed by atoms with E-state index in [4.69, 9.17) is 16.3 Å². The maximum absolute atomic E-state index is 11.8. The topological polar surface area (TPSA) is 38.3 Å². The Morgan fingerprint density at radius 3 is 2.75 bits per heavy atom. The summed E-state index contributed by atoms with van der Waals surface area (Å²) in [4.78, 5) is 11.8. The summed E-state index contributed by atoms with van der Waals surface area (Å²) >= 11 is 5.91. The summed E-state index contributed by atoms with van der Waals surface area (Å²) in [7, 11) is 0. The van der Waals surface area contributed by atoms with Crippen molar-refractivity contribution in [3.05, 3.63) is 58.6 Å². The highest BCUT2D eigenvalue weighted by molar-refractivity contribution is 6.30. The zero-order valence-electron chi connectivity index (χ0n) is 11.4. The number of hydrogen-bond acceptors (Lipinski definition) is 2. The fourth-order valence-electron chi connectivity index (χ4n) is 1.82. The SMILES string of the molecule is CCNC(=O)c1cccc(Oc2ccc(Cl)cc2C)c1. The minimum atomic E-state index is -0.106. The van der Waals surface area contributed by atoms with Crippen LogP contribution in [0, 0.1) is 6.92 Å². The Labute approximate surface area is 123 Å². The molecule has 0 unspecified atom stereocenters. The fourth-order valence-corrected chi connectivity index (χ4v) is 2.04. The molecule has 20 heavy (non-hydrogen) atoms. The number of nitrogens with one attached hydrogen (secondary N) is 1. The van der Waals surface area contributed by atoms with Gasteiger partial charge in [0.1, 0.15) is 11.5 Å². The maximum atomic E-state index is 11.8. The molecular formula is C16H16ClNO2. The van der Waals surface area contributed by atoms with E-state index in [2.05, 4.69) is 5.32 Å². The standard InChI is InChI=1S/C16H16ClNO2/c1-3-18-16(19)12-5-4-6-14(10-12)20-15-8-7-13(17)9-11(15)2/h4-10H,3H2,1-2H3,(H,18,19). The third kappa shape index (κ3) is 3.52. The van der Waals surface area contributed by atoms with Crippen molar-refractivity contribution in [2.45, 2.75) is 13.8 Å². The summed E-state index contributed by atoms with van der Waals surface area (Å²) in [6, 6.07) is 12.5. The second-order valence-electron chi connectivity index (χ2n) is 4.40. The van der Waals surface area contributed by atoms with Gasteiger partial charge in [0.2, 0.25) is 0 Å². The fraction of sp³-hybridized carbons (Fsp3) is 0.188. The van der Waals surface area contributed by atoms with E-state index in [1.807, 2.05) is 32.0 Å². The van der Waals surface area contributed by atoms with Crippen molar-refractivity contribution in [1.29, 1.82) is 0 Å². The van der Waals surface area contributed by atoms with Crippen LogP contribution in [0.25, 0.3) is 0 Å². The van der Waals surface area contributed by atoms with Crippen LogP contribution in [-0.4, -0.2) is 12.5 Å². The summed E-state index contributed by atoms with van der Waals surface area (Å²) in [5, 5.41) is 3.43. The Kier molecular flexibility index (Phi) is 4.64. The van der Waals surface area contributed by atoms with Gasteiger partial charge in [0, 0.05) is 17.1 Å². The first kappa shape index (κ1) is 14.4. The number of carbonyl (C=O) groups excluding carboxylic acids is 1. The molecule has 104 valence electrons. The zero-order chi connectivity index (χ0) is 14.5. The van der Waals surface area contributed by atoms with E-state index in [9.17, 15) is 4.79 Å². The van der Waals surface area contributed by atoms with Gasteiger partial charge < -0.3 is 10.1 Å². The van der Waals surface area contributed by atoms with Gasteiger partial charge in [-0.05, 0) is 55.8 Å². The Bertz CT molecular complexity index is 626. The molecule has 0 atom stereocenters. The summed E-state index contributed by atoms with van der Waals surface area (Å²) in [6.45, 7) is 4.41. The predicted octanol–water partition coefficient (Wildman–Crippen LogP) is 4.19. The van der Waals surface area contributed by atoms with Gasteiger partial charge in [-0.15, -0.1) is 0 Å². The minimum Gasteiger partial charge on any atom is -0.457 e. The van der Waals surface area contributed by atoms with E-state index in [0.717, 1.165) is 11.3 Å². The lowest BCUT2D eigenvalue weighted by atomic mass is 10.2. The molecule has 0 saturated carbocycles. The summed E-state index contributed by atoms with van der Waals surface area (Å²) in [6.07, 6.45) is 0. The van der Waals surface area contributed by atoms with Gasteiger partial charge >= 0.3 is 0 Å². The van der Waals surface area contributed by atoms with Crippen LogP contribution in [0.15, 0.2) is 42.5 Å². The van der Waals surface area contributed by atoms with E-state index in [-0.39, 0.29) is 5.91 Å². The molecule has 0 fully saturated rings. The van der Waals surface area contributed by atoms with Gasteiger partial charge in [0.15, 0.2) is 0 Å². The number of ether oxygens (including phenoxy) is 1. The van der Waals surface area contributed by atoms with Crippen molar-refractivity contribution >= 4 is 17.5 Å². The zero-order valence-corrected chi connectivity index (χ0v) is 12.2. The second kappa shape index (κ2) is 6.44. The number of rotatable bonds is 4. The lowest BCUT2D eigenvalue weighted by molar-refractivity contribution is 0.0955. The van der Waals surface area contributed by atoms with E-state index >= 15 is 0 Å². The Morgan fingerprint density at radius 2 is 2.05 bits per heavy atom. The van der Waals surface area contributed by atoms with E-state index < -0.39 is 0 Å². The third-order valence-corrected chi connectivity index (χ3v) is 3.03. The average molecular weight is 290 g/mol. The number of aryl methyl sites for hydroxylation is 1. The quantitative estimate of drug-likeness (QED) is 0.916. The molecule has 4 heteroatoms. The molecule has 1 N–H and O–H groups in total. The van der Waals surface area contributed by atoms with Crippen molar-refractivity contribution in [3.8, 4) is 11.5 Å². The van der Waals surface area contributed by atoms with Crippen LogP contribution < -0.4 is 10.1 Å². The largest absolute Gasteiger partial charge is 0.457 e. The molecule has 0 aliphatic carbocycles. The third-order valence-electron chi connectivity index (χ3n) is 2.80. The van der Waals surface area contributed by atoms with Crippen molar-refractivity contribution in [2.24, 2.45) is 0 Å². The normalized spacial score (nSPS) is 10.2. The van der Waals surface area contributed by atoms with Crippen LogP contribution in [0.1, 0.15) is 22.8 Å². The van der Waals surface area contributed by atoms with Crippen molar-refractivity contribution < 1.29 is 9.53 Å². The lowest BCUT2D eigenvalue weighted by Gasteiger charge is -2.10. The molecule has 0 spiro atoms. The van der Waals surface area contributed by atoms with Crippen LogP contribution in [0.2, 0.25) is 5.02 Å². The number of carbonyl (C=O) groups is 1. The molecule has 0 heterocycles. The first-order valence-electron chi connectivity index (χ1n) is 6.42. The monoisotopic (exact) mass is 289 g/mol. The molecule has 1 amide bonds. The highest BCUT2D eigenvalue weighted by atomic mass is 35.5. The van der Waals surface area contributed by atoms with Crippen LogP contribution in [0.4, 0.5) is 0 Å². The minimum absolute atomic E-state index is 0.106. The molecule has 0 aliphatic rings. The molecule has 0 saturated heterocycles. The Hall–Kier alpha value is -2.00. The number of amides is 1. The molecule has 2 aromatic carbocycles. The van der Waals surface area contributed by atoms with Gasteiger partial charge in [-0.1, -0.05) is 17.7 Å². The van der Waals surface area contributed by atoms with Crippen LogP contribution in [-0.2, 0) is 0 Å². The average Bonchev–Trinajstić information content (AvgIpc) is 2.43. The molecule has 0 bridgehead atoms. The van der Waals surface area contributed by atoms with Crippen LogP contribution in [0.3, 0.4) is 0 Å². The van der Waals surface area contributed by atoms with E-state index in [1.165, 1.54) is 0 Å². The smallest absolute Gasteiger partial charge is 0.251 e. The van der Waals surface area contributed by atoms with Gasteiger partial charge in [0.25, 0.3) is 5.91 Å². The highest BCUT2D eigenvalue weighted by Gasteiger charge is 2.07. The van der Waals surface area contributed by atoms with Crippen molar-refractivity contribution in [1.82, 2.24) is 5.32 Å². The summed E-state index contributed by atoms with van der Waals surface area (Å²) < 4.78 is 5.79. The second-order valence-corrected chi connectivity index (χ2v) is 4.84. The lowest BCUT2D eigenvalue weighted by Crippen LogP contribution is -2.22. The number of hydrogen-bond donors (Lipinski definition) is 1. The van der Waals surface area contributed by atoms with Crippen LogP contribution in [0.5, 0.6) is 11.5 Å². The maximum Gasteiger partial charge on any atom is 0.251 e. The molecule has 2 rings (SSSR count). The van der Waals surface area contributed by atoms with Gasteiger partial charge in [-0.2, -0.15) is 0 Å². The van der Waals surface area contributed by atoms with E-state index in [1.54, 1.807) is 24.3 Å². The molecule has 3 nitrogen and oxygen atoms in total.